The summed E-state index contributed by atoms with van der Waals surface area (Å²) in [4.78, 5) is 43.6. The molecule has 0 aromatic carbocycles. The second-order valence-electron chi connectivity index (χ2n) is 20.6. The minimum atomic E-state index is -1.17. The maximum absolute atomic E-state index is 14.2. The van der Waals surface area contributed by atoms with Gasteiger partial charge in [-0.2, -0.15) is 0 Å². The molecule has 8 nitrogen and oxygen atoms in total. The van der Waals surface area contributed by atoms with Crippen LogP contribution in [0.15, 0.2) is 35.5 Å². The highest BCUT2D eigenvalue weighted by Gasteiger charge is 2.74. The molecule has 0 spiro atoms. The van der Waals surface area contributed by atoms with Crippen molar-refractivity contribution in [1.29, 1.82) is 0 Å². The Morgan fingerprint density at radius 1 is 0.962 bits per heavy atom. The lowest BCUT2D eigenvalue weighted by atomic mass is 9.29. The van der Waals surface area contributed by atoms with Crippen molar-refractivity contribution >= 4 is 17.7 Å². The molecule has 10 atom stereocenters. The van der Waals surface area contributed by atoms with Crippen LogP contribution in [0.4, 0.5) is 0 Å². The summed E-state index contributed by atoms with van der Waals surface area (Å²) >= 11 is 0. The van der Waals surface area contributed by atoms with Gasteiger partial charge < -0.3 is 20.3 Å². The predicted octanol–water partition coefficient (Wildman–Crippen LogP) is 8.88. The van der Waals surface area contributed by atoms with Gasteiger partial charge in [0.2, 0.25) is 0 Å². The Balaban J connectivity index is 1.30. The molecule has 5 aliphatic carbocycles. The second kappa shape index (κ2) is 13.3. The van der Waals surface area contributed by atoms with Crippen LogP contribution in [0, 0.1) is 55.7 Å². The summed E-state index contributed by atoms with van der Waals surface area (Å²) in [6.07, 6.45) is 8.77. The first kappa shape index (κ1) is 40.1. The lowest BCUT2D eigenvalue weighted by Crippen LogP contribution is -2.69. The van der Waals surface area contributed by atoms with Crippen molar-refractivity contribution in [2.24, 2.45) is 55.7 Å². The molecule has 0 radical (unpaired) electrons. The lowest BCUT2D eigenvalue weighted by molar-refractivity contribution is -0.252. The Bertz CT molecular complexity index is 1650. The number of aliphatic hydroxyl groups is 1. The molecule has 0 amide bonds. The monoisotopic (exact) mass is 733 g/mol. The zero-order valence-electron chi connectivity index (χ0n) is 34.5. The Morgan fingerprint density at radius 3 is 2.26 bits per heavy atom. The number of ether oxygens (including phenoxy) is 1. The van der Waals surface area contributed by atoms with Crippen LogP contribution in [0.5, 0.6) is 0 Å². The standard InChI is InChI=1S/C45H68N2O6/c1-27(2)36-30(48)24-45(33(49)26-47-28(3)29-14-12-13-23-46-29)22-21-44(11)42(9)19-15-31-40(6,7)34(53-35(50)25-39(4,5)38(51)52)17-18-41(31,8)32(42)16-20-43(44,10)37(36)45/h12-14,23,27-28,31-34,47,49H,15-22,24-26H2,1-11H3,(H,51,52)/t28-,31-,32+,33-,34-,41-,42+,43+,44-,45-/m0/s1. The van der Waals surface area contributed by atoms with Gasteiger partial charge in [0.25, 0.3) is 0 Å². The zero-order chi connectivity index (χ0) is 39.2. The minimum absolute atomic E-state index is 0.0138. The van der Waals surface area contributed by atoms with Crippen molar-refractivity contribution in [2.45, 2.75) is 159 Å². The topological polar surface area (TPSA) is 126 Å². The van der Waals surface area contributed by atoms with Crippen LogP contribution in [0.3, 0.4) is 0 Å². The molecule has 4 saturated carbocycles. The molecule has 3 N–H and O–H groups in total. The highest BCUT2D eigenvalue weighted by Crippen LogP contribution is 2.80. The van der Waals surface area contributed by atoms with Gasteiger partial charge in [-0.05, 0) is 135 Å². The summed E-state index contributed by atoms with van der Waals surface area (Å²) in [7, 11) is 0. The Labute approximate surface area is 318 Å². The lowest BCUT2D eigenvalue weighted by Gasteiger charge is -2.75. The van der Waals surface area contributed by atoms with Crippen molar-refractivity contribution in [3.63, 3.8) is 0 Å². The van der Waals surface area contributed by atoms with Crippen LogP contribution in [0.1, 0.15) is 152 Å². The third-order valence-electron chi connectivity index (χ3n) is 17.0. The summed E-state index contributed by atoms with van der Waals surface area (Å²) in [6.45, 7) is 24.6. The number of carboxylic acids is 1. The SMILES string of the molecule is CC(C)C1=C2[C@@]([C@@H](O)CN[C@@H](C)c3ccccn3)(CC[C@]3(C)[C@]2(C)CC[C@@H]2[C@@]4(C)CC[C@H](OC(=O)CC(C)(C)C(=O)O)C(C)(C)[C@@H]4CC[C@]23C)CC1=O. The Hall–Kier alpha value is -2.58. The van der Waals surface area contributed by atoms with Gasteiger partial charge in [0.15, 0.2) is 5.78 Å². The number of allylic oxidation sites excluding steroid dienone is 1. The number of nitrogens with one attached hydrogen (secondary N) is 1. The smallest absolute Gasteiger partial charge is 0.309 e. The van der Waals surface area contributed by atoms with Crippen molar-refractivity contribution in [2.75, 3.05) is 6.54 Å². The molecule has 294 valence electrons. The molecule has 4 fully saturated rings. The third kappa shape index (κ3) is 5.88. The fourth-order valence-corrected chi connectivity index (χ4v) is 13.7. The van der Waals surface area contributed by atoms with Gasteiger partial charge >= 0.3 is 11.9 Å². The van der Waals surface area contributed by atoms with Gasteiger partial charge in [0.05, 0.1) is 23.6 Å². The molecular formula is C45H68N2O6. The van der Waals surface area contributed by atoms with E-state index in [1.54, 1.807) is 20.0 Å². The van der Waals surface area contributed by atoms with Crippen LogP contribution in [-0.4, -0.2) is 51.7 Å². The average Bonchev–Trinajstić information content (AvgIpc) is 3.40. The van der Waals surface area contributed by atoms with E-state index in [2.05, 4.69) is 72.6 Å². The fourth-order valence-electron chi connectivity index (χ4n) is 13.7. The van der Waals surface area contributed by atoms with Crippen molar-refractivity contribution < 1.29 is 29.3 Å². The number of carboxylic acid groups (broad SMARTS) is 1. The normalized spacial score (nSPS) is 39.0. The van der Waals surface area contributed by atoms with E-state index in [9.17, 15) is 24.6 Å². The Morgan fingerprint density at radius 2 is 1.64 bits per heavy atom. The number of hydrogen-bond donors (Lipinski definition) is 3. The summed E-state index contributed by atoms with van der Waals surface area (Å²) < 4.78 is 6.18. The highest BCUT2D eigenvalue weighted by molar-refractivity contribution is 6.01. The number of Topliss-reactive ketones (excluding diaryl/α,β-unsaturated/α-hetero) is 1. The summed E-state index contributed by atoms with van der Waals surface area (Å²) in [5, 5.41) is 25.5. The molecule has 1 heterocycles. The van der Waals surface area contributed by atoms with Gasteiger partial charge in [-0.1, -0.05) is 61.5 Å². The van der Waals surface area contributed by atoms with Crippen LogP contribution in [-0.2, 0) is 19.1 Å². The van der Waals surface area contributed by atoms with E-state index < -0.39 is 28.9 Å². The van der Waals surface area contributed by atoms with Crippen LogP contribution >= 0.6 is 0 Å². The van der Waals surface area contributed by atoms with Gasteiger partial charge in [-0.3, -0.25) is 19.4 Å². The number of carbonyl (C=O) groups is 3. The van der Waals surface area contributed by atoms with E-state index >= 15 is 0 Å². The Kier molecular flexibility index (Phi) is 10.0. The summed E-state index contributed by atoms with van der Waals surface area (Å²) in [5.41, 5.74) is 0.929. The van der Waals surface area contributed by atoms with Crippen molar-refractivity contribution in [3.8, 4) is 0 Å². The first-order valence-corrected chi connectivity index (χ1v) is 20.6. The number of carbonyl (C=O) groups excluding carboxylic acids is 2. The molecule has 1 aromatic rings. The number of esters is 1. The number of aromatic nitrogens is 1. The van der Waals surface area contributed by atoms with E-state index in [0.29, 0.717) is 24.8 Å². The molecule has 6 rings (SSSR count). The summed E-state index contributed by atoms with van der Waals surface area (Å²) in [6, 6.07) is 5.89. The van der Waals surface area contributed by atoms with E-state index in [4.69, 9.17) is 4.74 Å². The third-order valence-corrected chi connectivity index (χ3v) is 17.0. The zero-order valence-corrected chi connectivity index (χ0v) is 34.5. The van der Waals surface area contributed by atoms with Crippen molar-refractivity contribution in [3.05, 3.63) is 41.2 Å². The molecule has 8 heteroatoms. The number of ketones is 1. The largest absolute Gasteiger partial charge is 0.481 e. The van der Waals surface area contributed by atoms with Crippen LogP contribution in [0.2, 0.25) is 0 Å². The number of hydrogen-bond acceptors (Lipinski definition) is 7. The van der Waals surface area contributed by atoms with E-state index in [0.717, 1.165) is 62.6 Å². The maximum atomic E-state index is 14.2. The molecule has 0 saturated heterocycles. The molecule has 0 aliphatic heterocycles. The molecule has 53 heavy (non-hydrogen) atoms. The second-order valence-corrected chi connectivity index (χ2v) is 20.6. The van der Waals surface area contributed by atoms with E-state index in [1.165, 1.54) is 5.57 Å². The van der Waals surface area contributed by atoms with Crippen molar-refractivity contribution in [1.82, 2.24) is 10.3 Å². The van der Waals surface area contributed by atoms with Crippen LogP contribution in [0.25, 0.3) is 0 Å². The van der Waals surface area contributed by atoms with Gasteiger partial charge in [-0.15, -0.1) is 0 Å². The number of pyridine rings is 1. The molecule has 5 aliphatic rings. The number of aliphatic carboxylic acids is 1. The number of rotatable bonds is 10. The molecule has 1 aromatic heterocycles. The maximum Gasteiger partial charge on any atom is 0.309 e. The molecule has 0 unspecified atom stereocenters. The minimum Gasteiger partial charge on any atom is -0.481 e. The summed E-state index contributed by atoms with van der Waals surface area (Å²) in [5.74, 6) is -0.280. The van der Waals surface area contributed by atoms with E-state index in [-0.39, 0.29) is 57.3 Å². The average molecular weight is 733 g/mol. The molecule has 0 bridgehead atoms. The first-order valence-electron chi connectivity index (χ1n) is 20.6. The molecular weight excluding hydrogens is 665 g/mol. The number of nitrogens with zero attached hydrogens (tertiary/aromatic N) is 1. The fraction of sp³-hybridized carbons (Fsp3) is 0.778. The first-order chi connectivity index (χ1) is 24.5. The predicted molar refractivity (Wildman–Crippen MR) is 207 cm³/mol. The quantitative estimate of drug-likeness (QED) is 0.204. The van der Waals surface area contributed by atoms with E-state index in [1.807, 2.05) is 18.2 Å². The van der Waals surface area contributed by atoms with Crippen LogP contribution < -0.4 is 5.32 Å². The van der Waals surface area contributed by atoms with Gasteiger partial charge in [0.1, 0.15) is 6.10 Å². The van der Waals surface area contributed by atoms with Gasteiger partial charge in [-0.25, -0.2) is 0 Å². The number of fused-ring (bicyclic) bond motifs is 7. The number of aliphatic hydroxyl groups excluding tert-OH is 1. The highest BCUT2D eigenvalue weighted by atomic mass is 16.5. The van der Waals surface area contributed by atoms with Gasteiger partial charge in [0, 0.05) is 36.0 Å².